The van der Waals surface area contributed by atoms with Gasteiger partial charge in [-0.3, -0.25) is 0 Å². The Morgan fingerprint density at radius 3 is 2.71 bits per heavy atom. The molecule has 0 saturated heterocycles. The zero-order chi connectivity index (χ0) is 5.70. The van der Waals surface area contributed by atoms with Crippen LogP contribution in [-0.2, 0) is 0 Å². The minimum Gasteiger partial charge on any atom is -0.355 e. The lowest BCUT2D eigenvalue weighted by molar-refractivity contribution is -0.409. The smallest absolute Gasteiger partial charge is 0.0872 e. The summed E-state index contributed by atoms with van der Waals surface area (Å²) in [6.07, 6.45) is 0. The van der Waals surface area contributed by atoms with Crippen LogP contribution in [0.3, 0.4) is 0 Å². The summed E-state index contributed by atoms with van der Waals surface area (Å²) in [5.41, 5.74) is 11.4. The summed E-state index contributed by atoms with van der Waals surface area (Å²) in [5.74, 6) is 0. The molecular weight excluding hydrogens is 92.1 g/mol. The third-order valence-electron chi connectivity index (χ3n) is 0.457. The van der Waals surface area contributed by atoms with Crippen LogP contribution in [0.15, 0.2) is 5.11 Å². The normalized spacial score (nSPS) is 12.3. The molecule has 0 aromatic rings. The zero-order valence-corrected chi connectivity index (χ0v) is 4.33. The van der Waals surface area contributed by atoms with E-state index in [0.29, 0.717) is 6.54 Å². The maximum Gasteiger partial charge on any atom is 0.0872 e. The lowest BCUT2D eigenvalue weighted by atomic mass is 10.4. The van der Waals surface area contributed by atoms with Crippen LogP contribution in [0.1, 0.15) is 6.92 Å². The predicted molar refractivity (Wildman–Crippen MR) is 26.4 cm³/mol. The van der Waals surface area contributed by atoms with E-state index in [1.165, 1.54) is 0 Å². The van der Waals surface area contributed by atoms with Crippen LogP contribution in [0.4, 0.5) is 0 Å². The Hall–Kier alpha value is -0.730. The second-order valence-corrected chi connectivity index (χ2v) is 1.52. The summed E-state index contributed by atoms with van der Waals surface area (Å²) in [6.45, 7) is 2.39. The third kappa shape index (κ3) is 5.27. The van der Waals surface area contributed by atoms with Crippen molar-refractivity contribution in [3.05, 3.63) is 10.4 Å². The minimum atomic E-state index is 0.232. The molecule has 0 bridgehead atoms. The lowest BCUT2D eigenvalue weighted by Gasteiger charge is -1.88. The SMILES string of the molecule is CC([NH3+])CN=[N+]=[N-]. The van der Waals surface area contributed by atoms with Crippen LogP contribution in [0.25, 0.3) is 10.4 Å². The first-order valence-electron chi connectivity index (χ1n) is 2.11. The molecule has 0 spiro atoms. The van der Waals surface area contributed by atoms with E-state index in [2.05, 4.69) is 15.8 Å². The molecule has 0 saturated carbocycles. The van der Waals surface area contributed by atoms with Crippen molar-refractivity contribution in [1.29, 1.82) is 0 Å². The topological polar surface area (TPSA) is 76.4 Å². The van der Waals surface area contributed by atoms with E-state index in [-0.39, 0.29) is 6.04 Å². The molecule has 0 aromatic carbocycles. The van der Waals surface area contributed by atoms with E-state index in [4.69, 9.17) is 5.53 Å². The second-order valence-electron chi connectivity index (χ2n) is 1.52. The molecule has 0 radical (unpaired) electrons. The molecule has 0 aromatic heterocycles. The highest BCUT2D eigenvalue weighted by Gasteiger charge is 1.89. The Morgan fingerprint density at radius 2 is 2.57 bits per heavy atom. The first-order chi connectivity index (χ1) is 3.27. The van der Waals surface area contributed by atoms with Gasteiger partial charge in [0.25, 0.3) is 0 Å². The summed E-state index contributed by atoms with van der Waals surface area (Å²) in [4.78, 5) is 2.56. The van der Waals surface area contributed by atoms with Crippen molar-refractivity contribution < 1.29 is 5.73 Å². The predicted octanol–water partition coefficient (Wildman–Crippen LogP) is -0.0729. The molecule has 0 aliphatic heterocycles. The van der Waals surface area contributed by atoms with Gasteiger partial charge < -0.3 is 5.73 Å². The second kappa shape index (κ2) is 3.46. The monoisotopic (exact) mass is 101 g/mol. The van der Waals surface area contributed by atoms with Crippen molar-refractivity contribution in [3.63, 3.8) is 0 Å². The fourth-order valence-electron chi connectivity index (χ4n) is 0.176. The average Bonchev–Trinajstić information content (AvgIpc) is 1.61. The molecule has 40 valence electrons. The quantitative estimate of drug-likeness (QED) is 0.287. The van der Waals surface area contributed by atoms with Gasteiger partial charge in [0.15, 0.2) is 0 Å². The highest BCUT2D eigenvalue weighted by atomic mass is 15.1. The van der Waals surface area contributed by atoms with Crippen LogP contribution < -0.4 is 5.73 Å². The zero-order valence-electron chi connectivity index (χ0n) is 4.33. The molecule has 4 heteroatoms. The van der Waals surface area contributed by atoms with E-state index in [1.807, 2.05) is 6.92 Å². The molecule has 0 fully saturated rings. The van der Waals surface area contributed by atoms with Crippen molar-refractivity contribution >= 4 is 0 Å². The van der Waals surface area contributed by atoms with E-state index in [0.717, 1.165) is 0 Å². The summed E-state index contributed by atoms with van der Waals surface area (Å²) in [7, 11) is 0. The highest BCUT2D eigenvalue weighted by molar-refractivity contribution is 4.49. The molecule has 0 heterocycles. The van der Waals surface area contributed by atoms with Gasteiger partial charge >= 0.3 is 0 Å². The lowest BCUT2D eigenvalue weighted by Crippen LogP contribution is -2.60. The van der Waals surface area contributed by atoms with Crippen LogP contribution in [0, 0.1) is 0 Å². The van der Waals surface area contributed by atoms with E-state index < -0.39 is 0 Å². The van der Waals surface area contributed by atoms with E-state index >= 15 is 0 Å². The summed E-state index contributed by atoms with van der Waals surface area (Å²) in [5, 5.41) is 3.29. The van der Waals surface area contributed by atoms with Gasteiger partial charge in [0.1, 0.15) is 0 Å². The Kier molecular flexibility index (Phi) is 3.10. The van der Waals surface area contributed by atoms with Crippen molar-refractivity contribution in [1.82, 2.24) is 0 Å². The molecule has 0 aliphatic carbocycles. The number of rotatable bonds is 2. The van der Waals surface area contributed by atoms with E-state index in [9.17, 15) is 0 Å². The van der Waals surface area contributed by atoms with Crippen LogP contribution in [-0.4, -0.2) is 12.6 Å². The van der Waals surface area contributed by atoms with Gasteiger partial charge in [0.05, 0.1) is 12.6 Å². The first kappa shape index (κ1) is 6.27. The maximum atomic E-state index is 7.75. The Balaban J connectivity index is 3.13. The molecule has 1 unspecified atom stereocenters. The van der Waals surface area contributed by atoms with Gasteiger partial charge in [-0.25, -0.2) is 0 Å². The minimum absolute atomic E-state index is 0.232. The summed E-state index contributed by atoms with van der Waals surface area (Å²) in [6, 6.07) is 0.232. The number of hydrogen-bond donors (Lipinski definition) is 1. The number of azide groups is 1. The van der Waals surface area contributed by atoms with Crippen molar-refractivity contribution in [2.75, 3.05) is 6.54 Å². The standard InChI is InChI=1S/C3H8N4/c1-3(4)2-6-7-5/h3H,2,4H2,1H3/p+1. The Labute approximate surface area is 41.9 Å². The van der Waals surface area contributed by atoms with Crippen LogP contribution in [0.2, 0.25) is 0 Å². The van der Waals surface area contributed by atoms with Gasteiger partial charge in [0, 0.05) is 4.91 Å². The molecule has 0 amide bonds. The van der Waals surface area contributed by atoms with Crippen LogP contribution >= 0.6 is 0 Å². The summed E-state index contributed by atoms with van der Waals surface area (Å²) >= 11 is 0. The van der Waals surface area contributed by atoms with Gasteiger partial charge in [-0.1, -0.05) is 5.11 Å². The van der Waals surface area contributed by atoms with Crippen molar-refractivity contribution in [3.8, 4) is 0 Å². The molecule has 7 heavy (non-hydrogen) atoms. The van der Waals surface area contributed by atoms with Gasteiger partial charge in [-0.15, -0.1) is 0 Å². The molecule has 4 nitrogen and oxygen atoms in total. The Morgan fingerprint density at radius 1 is 2.00 bits per heavy atom. The number of nitrogens with zero attached hydrogens (tertiary/aromatic N) is 3. The molecule has 0 aliphatic rings. The molecular formula is C3H9N4+. The fraction of sp³-hybridized carbons (Fsp3) is 1.00. The summed E-state index contributed by atoms with van der Waals surface area (Å²) < 4.78 is 0. The maximum absolute atomic E-state index is 7.75. The highest BCUT2D eigenvalue weighted by Crippen LogP contribution is 1.72. The molecule has 3 N–H and O–H groups in total. The van der Waals surface area contributed by atoms with Crippen molar-refractivity contribution in [2.24, 2.45) is 5.11 Å². The van der Waals surface area contributed by atoms with Gasteiger partial charge in [-0.2, -0.15) is 0 Å². The number of hydrogen-bond acceptors (Lipinski definition) is 1. The molecule has 0 rings (SSSR count). The largest absolute Gasteiger partial charge is 0.355 e. The average molecular weight is 101 g/mol. The van der Waals surface area contributed by atoms with Gasteiger partial charge in [-0.05, 0) is 12.5 Å². The molecule has 1 atom stereocenters. The first-order valence-corrected chi connectivity index (χ1v) is 2.11. The Bertz CT molecular complexity index is 80.9. The van der Waals surface area contributed by atoms with Crippen LogP contribution in [0.5, 0.6) is 0 Å². The fourth-order valence-corrected chi connectivity index (χ4v) is 0.176. The third-order valence-corrected chi connectivity index (χ3v) is 0.457. The number of quaternary nitrogens is 1. The van der Waals surface area contributed by atoms with E-state index in [1.54, 1.807) is 0 Å². The van der Waals surface area contributed by atoms with Gasteiger partial charge in [0.2, 0.25) is 0 Å². The van der Waals surface area contributed by atoms with Crippen molar-refractivity contribution in [2.45, 2.75) is 13.0 Å².